The molecule has 0 saturated carbocycles. The summed E-state index contributed by atoms with van der Waals surface area (Å²) >= 11 is 0. The van der Waals surface area contributed by atoms with Gasteiger partial charge in [-0.3, -0.25) is 9.59 Å². The molecule has 1 atom stereocenters. The van der Waals surface area contributed by atoms with Crippen molar-refractivity contribution < 1.29 is 24.2 Å². The summed E-state index contributed by atoms with van der Waals surface area (Å²) in [6, 6.07) is 14.7. The fourth-order valence-electron chi connectivity index (χ4n) is 4.42. The van der Waals surface area contributed by atoms with Crippen molar-refractivity contribution in [2.75, 3.05) is 6.61 Å². The zero-order valence-corrected chi connectivity index (χ0v) is 17.8. The molecule has 2 amide bonds. The zero-order valence-electron chi connectivity index (χ0n) is 17.8. The first-order chi connectivity index (χ1) is 15.4. The molecule has 7 heteroatoms. The second kappa shape index (κ2) is 8.86. The maximum absolute atomic E-state index is 12.7. The maximum atomic E-state index is 12.7. The molecule has 0 aliphatic heterocycles. The SMILES string of the molecule is CC1(NC(=O)C(CC(=O)O)NC(=O)OCC2c3ccccc3-c3ccccc32)CC=CC1. The van der Waals surface area contributed by atoms with Crippen LogP contribution in [-0.4, -0.2) is 41.3 Å². The highest BCUT2D eigenvalue weighted by atomic mass is 16.5. The fraction of sp³-hybridized carbons (Fsp3) is 0.320. The Morgan fingerprint density at radius 1 is 1.03 bits per heavy atom. The molecule has 7 nitrogen and oxygen atoms in total. The first kappa shape index (κ1) is 21.6. The Kier molecular flexibility index (Phi) is 5.99. The standard InChI is InChI=1S/C25H26N2O5/c1-25(12-6-7-13-25)27-23(30)21(14-22(28)29)26-24(31)32-15-20-18-10-4-2-8-16(18)17-9-3-5-11-19(17)20/h2-11,20-21H,12-15H2,1H3,(H,26,31)(H,27,30)(H,28,29). The lowest BCUT2D eigenvalue weighted by atomic mass is 9.98. The largest absolute Gasteiger partial charge is 0.481 e. The fourth-order valence-corrected chi connectivity index (χ4v) is 4.42. The smallest absolute Gasteiger partial charge is 0.407 e. The summed E-state index contributed by atoms with van der Waals surface area (Å²) in [6.45, 7) is 1.97. The molecule has 2 aliphatic rings. The van der Waals surface area contributed by atoms with Gasteiger partial charge in [0.2, 0.25) is 5.91 Å². The molecule has 2 aliphatic carbocycles. The van der Waals surface area contributed by atoms with Gasteiger partial charge in [-0.05, 0) is 42.0 Å². The van der Waals surface area contributed by atoms with Crippen molar-refractivity contribution in [1.29, 1.82) is 0 Å². The lowest BCUT2D eigenvalue weighted by molar-refractivity contribution is -0.140. The quantitative estimate of drug-likeness (QED) is 0.578. The van der Waals surface area contributed by atoms with Crippen molar-refractivity contribution in [3.05, 3.63) is 71.8 Å². The second-order valence-corrected chi connectivity index (χ2v) is 8.55. The molecule has 2 aromatic rings. The first-order valence-electron chi connectivity index (χ1n) is 10.7. The molecule has 0 radical (unpaired) electrons. The number of nitrogens with one attached hydrogen (secondary N) is 2. The molecular formula is C25H26N2O5. The lowest BCUT2D eigenvalue weighted by Crippen LogP contribution is -2.54. The number of amides is 2. The van der Waals surface area contributed by atoms with Gasteiger partial charge in [0.25, 0.3) is 0 Å². The molecule has 32 heavy (non-hydrogen) atoms. The Morgan fingerprint density at radius 2 is 1.59 bits per heavy atom. The van der Waals surface area contributed by atoms with Gasteiger partial charge in [-0.1, -0.05) is 60.7 Å². The van der Waals surface area contributed by atoms with Crippen LogP contribution in [0.15, 0.2) is 60.7 Å². The van der Waals surface area contributed by atoms with E-state index in [4.69, 9.17) is 4.74 Å². The molecule has 3 N–H and O–H groups in total. The third-order valence-electron chi connectivity index (χ3n) is 6.06. The monoisotopic (exact) mass is 434 g/mol. The molecule has 0 aromatic heterocycles. The third kappa shape index (κ3) is 4.51. The Bertz CT molecular complexity index is 1020. The number of fused-ring (bicyclic) bond motifs is 3. The summed E-state index contributed by atoms with van der Waals surface area (Å²) in [5.74, 6) is -1.84. The number of aliphatic carboxylic acids is 1. The third-order valence-corrected chi connectivity index (χ3v) is 6.06. The number of rotatable bonds is 7. The van der Waals surface area contributed by atoms with Crippen LogP contribution in [0, 0.1) is 0 Å². The van der Waals surface area contributed by atoms with E-state index in [1.165, 1.54) is 0 Å². The van der Waals surface area contributed by atoms with Crippen LogP contribution in [0.25, 0.3) is 11.1 Å². The minimum absolute atomic E-state index is 0.0862. The van der Waals surface area contributed by atoms with Crippen LogP contribution >= 0.6 is 0 Å². The Balaban J connectivity index is 1.41. The van der Waals surface area contributed by atoms with E-state index in [-0.39, 0.29) is 12.5 Å². The number of carboxylic acids is 1. The average Bonchev–Trinajstić information content (AvgIpc) is 3.33. The van der Waals surface area contributed by atoms with Gasteiger partial charge >= 0.3 is 12.1 Å². The zero-order chi connectivity index (χ0) is 22.7. The summed E-state index contributed by atoms with van der Waals surface area (Å²) in [6.07, 6.45) is 3.90. The number of ether oxygens (including phenoxy) is 1. The van der Waals surface area contributed by atoms with Crippen molar-refractivity contribution in [2.45, 2.75) is 43.7 Å². The van der Waals surface area contributed by atoms with Crippen LogP contribution in [0.1, 0.15) is 43.2 Å². The van der Waals surface area contributed by atoms with Crippen molar-refractivity contribution in [3.8, 4) is 11.1 Å². The number of alkyl carbamates (subject to hydrolysis) is 1. The number of hydrogen-bond donors (Lipinski definition) is 3. The highest BCUT2D eigenvalue weighted by Crippen LogP contribution is 2.44. The van der Waals surface area contributed by atoms with Crippen LogP contribution in [0.2, 0.25) is 0 Å². The summed E-state index contributed by atoms with van der Waals surface area (Å²) in [4.78, 5) is 36.5. The van der Waals surface area contributed by atoms with Crippen LogP contribution in [0.4, 0.5) is 4.79 Å². The Hall–Kier alpha value is -3.61. The van der Waals surface area contributed by atoms with Gasteiger partial charge in [0.1, 0.15) is 12.6 Å². The Labute approximate surface area is 186 Å². The molecular weight excluding hydrogens is 408 g/mol. The van der Waals surface area contributed by atoms with Crippen molar-refractivity contribution in [3.63, 3.8) is 0 Å². The molecule has 2 aromatic carbocycles. The maximum Gasteiger partial charge on any atom is 0.407 e. The summed E-state index contributed by atoms with van der Waals surface area (Å²) < 4.78 is 5.46. The van der Waals surface area contributed by atoms with Crippen LogP contribution in [-0.2, 0) is 14.3 Å². The lowest BCUT2D eigenvalue weighted by Gasteiger charge is -2.28. The summed E-state index contributed by atoms with van der Waals surface area (Å²) in [5.41, 5.74) is 3.89. The average molecular weight is 434 g/mol. The van der Waals surface area contributed by atoms with Gasteiger partial charge in [-0.2, -0.15) is 0 Å². The first-order valence-corrected chi connectivity index (χ1v) is 10.7. The van der Waals surface area contributed by atoms with E-state index in [9.17, 15) is 19.5 Å². The van der Waals surface area contributed by atoms with Crippen molar-refractivity contribution in [2.24, 2.45) is 0 Å². The molecule has 0 spiro atoms. The van der Waals surface area contributed by atoms with Crippen molar-refractivity contribution in [1.82, 2.24) is 10.6 Å². The van der Waals surface area contributed by atoms with Crippen LogP contribution in [0.3, 0.4) is 0 Å². The molecule has 0 bridgehead atoms. The van der Waals surface area contributed by atoms with E-state index in [1.807, 2.05) is 67.6 Å². The van der Waals surface area contributed by atoms with E-state index >= 15 is 0 Å². The number of benzene rings is 2. The van der Waals surface area contributed by atoms with E-state index in [0.29, 0.717) is 12.8 Å². The van der Waals surface area contributed by atoms with Gasteiger partial charge in [0, 0.05) is 11.5 Å². The summed E-state index contributed by atoms with van der Waals surface area (Å²) in [5, 5.41) is 14.5. The van der Waals surface area contributed by atoms with Crippen LogP contribution < -0.4 is 10.6 Å². The molecule has 1 unspecified atom stereocenters. The van der Waals surface area contributed by atoms with Gasteiger partial charge in [-0.25, -0.2) is 4.79 Å². The Morgan fingerprint density at radius 3 is 2.16 bits per heavy atom. The number of hydrogen-bond acceptors (Lipinski definition) is 4. The predicted molar refractivity (Wildman–Crippen MR) is 119 cm³/mol. The molecule has 0 fully saturated rings. The van der Waals surface area contributed by atoms with Gasteiger partial charge in [0.15, 0.2) is 0 Å². The number of carbonyl (C=O) groups excluding carboxylic acids is 2. The predicted octanol–water partition coefficient (Wildman–Crippen LogP) is 3.59. The van der Waals surface area contributed by atoms with Crippen molar-refractivity contribution >= 4 is 18.0 Å². The van der Waals surface area contributed by atoms with E-state index < -0.39 is 36.0 Å². The minimum atomic E-state index is -1.22. The number of carbonyl (C=O) groups is 3. The minimum Gasteiger partial charge on any atom is -0.481 e. The van der Waals surface area contributed by atoms with Gasteiger partial charge in [0.05, 0.1) is 6.42 Å². The molecule has 4 rings (SSSR count). The van der Waals surface area contributed by atoms with E-state index in [2.05, 4.69) is 10.6 Å². The van der Waals surface area contributed by atoms with E-state index in [0.717, 1.165) is 22.3 Å². The molecule has 166 valence electrons. The normalized spacial score (nSPS) is 16.7. The van der Waals surface area contributed by atoms with Crippen LogP contribution in [0.5, 0.6) is 0 Å². The topological polar surface area (TPSA) is 105 Å². The second-order valence-electron chi connectivity index (χ2n) is 8.55. The molecule has 0 saturated heterocycles. The highest BCUT2D eigenvalue weighted by Gasteiger charge is 2.33. The van der Waals surface area contributed by atoms with E-state index in [1.54, 1.807) is 0 Å². The van der Waals surface area contributed by atoms with Gasteiger partial charge in [-0.15, -0.1) is 0 Å². The summed E-state index contributed by atoms with van der Waals surface area (Å²) in [7, 11) is 0. The highest BCUT2D eigenvalue weighted by molar-refractivity contribution is 5.89. The van der Waals surface area contributed by atoms with Gasteiger partial charge < -0.3 is 20.5 Å². The number of carboxylic acid groups (broad SMARTS) is 1. The molecule has 0 heterocycles.